The minimum atomic E-state index is 0.447. The van der Waals surface area contributed by atoms with Crippen molar-refractivity contribution < 1.29 is 0 Å². The lowest BCUT2D eigenvalue weighted by molar-refractivity contribution is 0.930. The molecule has 0 aliphatic carbocycles. The van der Waals surface area contributed by atoms with Gasteiger partial charge in [-0.1, -0.05) is 0 Å². The van der Waals surface area contributed by atoms with Gasteiger partial charge in [0.2, 0.25) is 0 Å². The lowest BCUT2D eigenvalue weighted by Crippen LogP contribution is -2.02. The fourth-order valence-corrected chi connectivity index (χ4v) is 2.66. The normalized spacial score (nSPS) is 10.6. The molecule has 0 bridgehead atoms. The Labute approximate surface area is 101 Å². The maximum Gasteiger partial charge on any atom is 0.126 e. The van der Waals surface area contributed by atoms with Crippen molar-refractivity contribution >= 4 is 27.3 Å². The van der Waals surface area contributed by atoms with E-state index in [0.29, 0.717) is 6.54 Å². The molecule has 5 heteroatoms. The molecule has 0 unspecified atom stereocenters. The minimum absolute atomic E-state index is 0.447. The summed E-state index contributed by atoms with van der Waals surface area (Å²) in [5, 5.41) is 0. The zero-order valence-electron chi connectivity index (χ0n) is 8.20. The lowest BCUT2D eigenvalue weighted by Gasteiger charge is -2.02. The third-order valence-corrected chi connectivity index (χ3v) is 3.57. The topological polar surface area (TPSA) is 51.8 Å². The molecule has 0 spiro atoms. The van der Waals surface area contributed by atoms with Crippen molar-refractivity contribution in [1.29, 1.82) is 0 Å². The smallest absolute Gasteiger partial charge is 0.126 e. The van der Waals surface area contributed by atoms with Gasteiger partial charge in [0.15, 0.2) is 0 Å². The molecule has 2 aromatic rings. The highest BCUT2D eigenvalue weighted by molar-refractivity contribution is 9.11. The largest absolute Gasteiger partial charge is 0.325 e. The number of nitrogens with zero attached hydrogens (tertiary/aromatic N) is 2. The van der Waals surface area contributed by atoms with E-state index in [-0.39, 0.29) is 0 Å². The van der Waals surface area contributed by atoms with Gasteiger partial charge < -0.3 is 5.73 Å². The molecule has 0 radical (unpaired) electrons. The molecule has 3 nitrogen and oxygen atoms in total. The second kappa shape index (κ2) is 4.38. The van der Waals surface area contributed by atoms with Gasteiger partial charge in [0, 0.05) is 6.54 Å². The third kappa shape index (κ3) is 2.42. The van der Waals surface area contributed by atoms with E-state index in [1.54, 1.807) is 11.3 Å². The van der Waals surface area contributed by atoms with Crippen LogP contribution in [0, 0.1) is 6.92 Å². The first-order chi connectivity index (χ1) is 7.19. The van der Waals surface area contributed by atoms with E-state index < -0.39 is 0 Å². The van der Waals surface area contributed by atoms with Crippen LogP contribution in [-0.4, -0.2) is 9.97 Å². The van der Waals surface area contributed by atoms with E-state index >= 15 is 0 Å². The number of hydrogen-bond donors (Lipinski definition) is 1. The first-order valence-electron chi connectivity index (χ1n) is 4.49. The summed E-state index contributed by atoms with van der Waals surface area (Å²) >= 11 is 5.09. The summed E-state index contributed by atoms with van der Waals surface area (Å²) in [5.74, 6) is 0.762. The van der Waals surface area contributed by atoms with E-state index in [4.69, 9.17) is 5.73 Å². The maximum atomic E-state index is 5.57. The second-order valence-electron chi connectivity index (χ2n) is 3.10. The van der Waals surface area contributed by atoms with Gasteiger partial charge in [-0.15, -0.1) is 11.3 Å². The average molecular weight is 284 g/mol. The van der Waals surface area contributed by atoms with Crippen LogP contribution >= 0.6 is 27.3 Å². The predicted molar refractivity (Wildman–Crippen MR) is 65.7 cm³/mol. The number of rotatable bonds is 2. The van der Waals surface area contributed by atoms with Crippen molar-refractivity contribution in [3.05, 3.63) is 33.5 Å². The van der Waals surface area contributed by atoms with Crippen molar-refractivity contribution in [2.45, 2.75) is 13.5 Å². The van der Waals surface area contributed by atoms with Crippen LogP contribution in [-0.2, 0) is 6.54 Å². The molecule has 2 N–H and O–H groups in total. The first-order valence-corrected chi connectivity index (χ1v) is 6.10. The van der Waals surface area contributed by atoms with Crippen molar-refractivity contribution in [3.8, 4) is 10.6 Å². The Morgan fingerprint density at radius 3 is 2.80 bits per heavy atom. The summed E-state index contributed by atoms with van der Waals surface area (Å²) in [6, 6.07) is 5.99. The number of halogens is 1. The summed E-state index contributed by atoms with van der Waals surface area (Å²) < 4.78 is 1.10. The molecular formula is C10H10BrN3S. The molecule has 0 saturated carbocycles. The highest BCUT2D eigenvalue weighted by Crippen LogP contribution is 2.30. The Morgan fingerprint density at radius 2 is 2.20 bits per heavy atom. The third-order valence-electron chi connectivity index (χ3n) is 1.93. The fraction of sp³-hybridized carbons (Fsp3) is 0.200. The highest BCUT2D eigenvalue weighted by atomic mass is 79.9. The minimum Gasteiger partial charge on any atom is -0.325 e. The summed E-state index contributed by atoms with van der Waals surface area (Å²) in [4.78, 5) is 9.76. The van der Waals surface area contributed by atoms with Crippen molar-refractivity contribution in [3.63, 3.8) is 0 Å². The standard InChI is InChI=1S/C10H10BrN3S/c1-6-13-7(5-12)4-8(14-6)9-2-3-10(11)15-9/h2-4H,5,12H2,1H3. The van der Waals surface area contributed by atoms with Gasteiger partial charge in [0.1, 0.15) is 5.82 Å². The van der Waals surface area contributed by atoms with Gasteiger partial charge >= 0.3 is 0 Å². The number of aryl methyl sites for hydroxylation is 1. The zero-order chi connectivity index (χ0) is 10.8. The first kappa shape index (κ1) is 10.7. The number of aromatic nitrogens is 2. The SMILES string of the molecule is Cc1nc(CN)cc(-c2ccc(Br)s2)n1. The van der Waals surface area contributed by atoms with Crippen LogP contribution in [0.5, 0.6) is 0 Å². The predicted octanol–water partition coefficient (Wildman–Crippen LogP) is 2.73. The molecule has 78 valence electrons. The van der Waals surface area contributed by atoms with Gasteiger partial charge in [0.25, 0.3) is 0 Å². The van der Waals surface area contributed by atoms with Crippen LogP contribution in [0.25, 0.3) is 10.6 Å². The van der Waals surface area contributed by atoms with E-state index in [2.05, 4.69) is 25.9 Å². The number of nitrogens with two attached hydrogens (primary N) is 1. The van der Waals surface area contributed by atoms with Crippen LogP contribution in [0.3, 0.4) is 0 Å². The Bertz CT molecular complexity index is 481. The Balaban J connectivity index is 2.48. The summed E-state index contributed by atoms with van der Waals surface area (Å²) in [5.41, 5.74) is 7.39. The van der Waals surface area contributed by atoms with E-state index in [1.165, 1.54) is 0 Å². The van der Waals surface area contributed by atoms with Gasteiger partial charge in [0.05, 0.1) is 20.1 Å². The van der Waals surface area contributed by atoms with Gasteiger partial charge in [-0.25, -0.2) is 9.97 Å². The Hall–Kier alpha value is -0.780. The molecule has 2 aromatic heterocycles. The molecule has 0 aliphatic rings. The summed E-state index contributed by atoms with van der Waals surface area (Å²) in [6.45, 7) is 2.33. The molecule has 0 amide bonds. The molecule has 0 aromatic carbocycles. The van der Waals surface area contributed by atoms with Gasteiger partial charge in [-0.3, -0.25) is 0 Å². The lowest BCUT2D eigenvalue weighted by atomic mass is 10.3. The molecule has 0 saturated heterocycles. The molecule has 2 rings (SSSR count). The van der Waals surface area contributed by atoms with E-state index in [9.17, 15) is 0 Å². The van der Waals surface area contributed by atoms with Crippen LogP contribution in [0.4, 0.5) is 0 Å². The monoisotopic (exact) mass is 283 g/mol. The van der Waals surface area contributed by atoms with Gasteiger partial charge in [-0.05, 0) is 41.1 Å². The Kier molecular flexibility index (Phi) is 3.14. The van der Waals surface area contributed by atoms with Crippen molar-refractivity contribution in [1.82, 2.24) is 9.97 Å². The maximum absolute atomic E-state index is 5.57. The molecular weight excluding hydrogens is 274 g/mol. The zero-order valence-corrected chi connectivity index (χ0v) is 10.6. The van der Waals surface area contributed by atoms with Crippen molar-refractivity contribution in [2.24, 2.45) is 5.73 Å². The van der Waals surface area contributed by atoms with E-state index in [0.717, 1.165) is 25.9 Å². The molecule has 0 fully saturated rings. The average Bonchev–Trinajstić information content (AvgIpc) is 2.64. The van der Waals surface area contributed by atoms with Crippen LogP contribution < -0.4 is 5.73 Å². The molecule has 2 heterocycles. The second-order valence-corrected chi connectivity index (χ2v) is 5.56. The summed E-state index contributed by atoms with van der Waals surface area (Å²) in [6.07, 6.45) is 0. The summed E-state index contributed by atoms with van der Waals surface area (Å²) in [7, 11) is 0. The van der Waals surface area contributed by atoms with Crippen molar-refractivity contribution in [2.75, 3.05) is 0 Å². The fourth-order valence-electron chi connectivity index (χ4n) is 1.31. The van der Waals surface area contributed by atoms with Gasteiger partial charge in [-0.2, -0.15) is 0 Å². The highest BCUT2D eigenvalue weighted by Gasteiger charge is 2.05. The molecule has 15 heavy (non-hydrogen) atoms. The molecule has 0 aliphatic heterocycles. The van der Waals surface area contributed by atoms with Crippen LogP contribution in [0.2, 0.25) is 0 Å². The quantitative estimate of drug-likeness (QED) is 0.922. The molecule has 0 atom stereocenters. The van der Waals surface area contributed by atoms with E-state index in [1.807, 2.05) is 25.1 Å². The number of thiophene rings is 1. The number of hydrogen-bond acceptors (Lipinski definition) is 4. The Morgan fingerprint density at radius 1 is 1.40 bits per heavy atom. The van der Waals surface area contributed by atoms with Crippen LogP contribution in [0.1, 0.15) is 11.5 Å². The van der Waals surface area contributed by atoms with Crippen LogP contribution in [0.15, 0.2) is 22.0 Å².